The summed E-state index contributed by atoms with van der Waals surface area (Å²) in [6, 6.07) is 28.4. The van der Waals surface area contributed by atoms with Crippen molar-refractivity contribution in [1.82, 2.24) is 10.2 Å². The number of amides is 2. The Morgan fingerprint density at radius 2 is 1.52 bits per heavy atom. The summed E-state index contributed by atoms with van der Waals surface area (Å²) in [5.74, 6) is -0.649. The molecule has 0 aromatic heterocycles. The van der Waals surface area contributed by atoms with Crippen molar-refractivity contribution in [3.05, 3.63) is 125 Å². The second kappa shape index (κ2) is 15.8. The van der Waals surface area contributed by atoms with Gasteiger partial charge in [-0.05, 0) is 61.7 Å². The number of para-hydroxylation sites is 2. The average Bonchev–Trinajstić information content (AvgIpc) is 3.06. The summed E-state index contributed by atoms with van der Waals surface area (Å²) in [6.07, 6.45) is 0.900. The van der Waals surface area contributed by atoms with Crippen LogP contribution in [0.3, 0.4) is 0 Å². The van der Waals surface area contributed by atoms with Crippen molar-refractivity contribution in [3.63, 3.8) is 0 Å². The minimum Gasteiger partial charge on any atom is -0.495 e. The molecule has 0 spiro atoms. The zero-order chi connectivity index (χ0) is 33.3. The lowest BCUT2D eigenvalue weighted by molar-refractivity contribution is -0.140. The van der Waals surface area contributed by atoms with Gasteiger partial charge in [0.15, 0.2) is 0 Å². The molecule has 4 aromatic carbocycles. The summed E-state index contributed by atoms with van der Waals surface area (Å²) < 4.78 is 35.1. The second-order valence-electron chi connectivity index (χ2n) is 11.1. The van der Waals surface area contributed by atoms with Crippen molar-refractivity contribution < 1.29 is 22.7 Å². The number of carbonyl (C=O) groups excluding carboxylic acids is 2. The molecule has 46 heavy (non-hydrogen) atoms. The van der Waals surface area contributed by atoms with Crippen LogP contribution in [0.1, 0.15) is 37.0 Å². The van der Waals surface area contributed by atoms with E-state index in [0.717, 1.165) is 15.4 Å². The topological polar surface area (TPSA) is 96.0 Å². The Balaban J connectivity index is 1.84. The number of carbonyl (C=O) groups is 2. The van der Waals surface area contributed by atoms with Crippen LogP contribution < -0.4 is 14.4 Å². The van der Waals surface area contributed by atoms with E-state index < -0.39 is 28.5 Å². The van der Waals surface area contributed by atoms with Crippen molar-refractivity contribution in [2.24, 2.45) is 0 Å². The molecule has 0 saturated heterocycles. The number of methoxy groups -OCH3 is 1. The molecule has 0 aliphatic carbocycles. The lowest BCUT2D eigenvalue weighted by Crippen LogP contribution is -2.54. The fourth-order valence-corrected chi connectivity index (χ4v) is 6.61. The van der Waals surface area contributed by atoms with Crippen LogP contribution in [0.5, 0.6) is 5.75 Å². The molecule has 4 aromatic rings. The summed E-state index contributed by atoms with van der Waals surface area (Å²) >= 11 is 6.57. The molecule has 8 nitrogen and oxygen atoms in total. The maximum atomic E-state index is 14.6. The maximum absolute atomic E-state index is 14.6. The van der Waals surface area contributed by atoms with E-state index in [0.29, 0.717) is 17.0 Å². The van der Waals surface area contributed by atoms with Crippen LogP contribution in [-0.2, 0) is 32.6 Å². The fourth-order valence-electron chi connectivity index (χ4n) is 4.99. The molecular weight excluding hydrogens is 622 g/mol. The molecule has 0 heterocycles. The van der Waals surface area contributed by atoms with E-state index in [1.165, 1.54) is 24.1 Å². The largest absolute Gasteiger partial charge is 0.495 e. The molecule has 1 N–H and O–H groups in total. The highest BCUT2D eigenvalue weighted by Crippen LogP contribution is 2.33. The average molecular weight is 662 g/mol. The smallest absolute Gasteiger partial charge is 0.264 e. The Morgan fingerprint density at radius 3 is 2.17 bits per heavy atom. The minimum absolute atomic E-state index is 0.0183. The Kier molecular flexibility index (Phi) is 11.8. The van der Waals surface area contributed by atoms with Crippen LogP contribution in [0, 0.1) is 6.92 Å². The number of sulfonamides is 1. The van der Waals surface area contributed by atoms with Crippen LogP contribution in [0.2, 0.25) is 5.02 Å². The summed E-state index contributed by atoms with van der Waals surface area (Å²) in [4.78, 5) is 30.0. The first-order valence-corrected chi connectivity index (χ1v) is 17.0. The van der Waals surface area contributed by atoms with Gasteiger partial charge in [-0.3, -0.25) is 13.9 Å². The molecule has 0 fully saturated rings. The Hall–Kier alpha value is -4.34. The Bertz CT molecular complexity index is 1730. The van der Waals surface area contributed by atoms with E-state index in [9.17, 15) is 18.0 Å². The third kappa shape index (κ3) is 8.47. The van der Waals surface area contributed by atoms with Crippen LogP contribution in [0.4, 0.5) is 5.69 Å². The number of rotatable bonds is 14. The number of nitrogens with zero attached hydrogens (tertiary/aromatic N) is 2. The molecule has 2 amide bonds. The van der Waals surface area contributed by atoms with Gasteiger partial charge < -0.3 is 15.0 Å². The molecule has 0 unspecified atom stereocenters. The van der Waals surface area contributed by atoms with Crippen molar-refractivity contribution >= 4 is 39.1 Å². The van der Waals surface area contributed by atoms with E-state index in [1.54, 1.807) is 60.7 Å². The van der Waals surface area contributed by atoms with Gasteiger partial charge in [-0.15, -0.1) is 0 Å². The molecule has 0 radical (unpaired) electrons. The van der Waals surface area contributed by atoms with Gasteiger partial charge in [0.05, 0.1) is 17.7 Å². The summed E-state index contributed by atoms with van der Waals surface area (Å²) in [6.45, 7) is 5.11. The number of ether oxygens (including phenoxy) is 1. The number of hydrogen-bond donors (Lipinski definition) is 1. The standard InChI is InChI=1S/C36H40ClN3O5S/c1-5-27(3)38-36(42)33(23-28-13-7-6-8-14-28)39(24-29-15-9-10-16-31(29)37)35(41)25-40(32-17-11-12-18-34(32)45-4)46(43,44)30-21-19-26(2)20-22-30/h6-22,27,33H,5,23-25H2,1-4H3,(H,38,42)/t27-,33-/m1/s1. The molecule has 10 heteroatoms. The first-order valence-electron chi connectivity index (χ1n) is 15.1. The van der Waals surface area contributed by atoms with Crippen LogP contribution >= 0.6 is 11.6 Å². The van der Waals surface area contributed by atoms with Gasteiger partial charge >= 0.3 is 0 Å². The van der Waals surface area contributed by atoms with Gasteiger partial charge in [0.1, 0.15) is 18.3 Å². The first kappa shape index (κ1) is 34.5. The number of halogens is 1. The monoisotopic (exact) mass is 661 g/mol. The van der Waals surface area contributed by atoms with Crippen LogP contribution in [0.15, 0.2) is 108 Å². The van der Waals surface area contributed by atoms with Crippen molar-refractivity contribution in [1.29, 1.82) is 0 Å². The minimum atomic E-state index is -4.26. The molecule has 242 valence electrons. The second-order valence-corrected chi connectivity index (χ2v) is 13.4. The van der Waals surface area contributed by atoms with E-state index in [-0.39, 0.29) is 41.2 Å². The lowest BCUT2D eigenvalue weighted by atomic mass is 10.0. The van der Waals surface area contributed by atoms with E-state index in [4.69, 9.17) is 16.3 Å². The highest BCUT2D eigenvalue weighted by Gasteiger charge is 2.36. The van der Waals surface area contributed by atoms with E-state index in [1.807, 2.05) is 51.1 Å². The highest BCUT2D eigenvalue weighted by atomic mass is 35.5. The Morgan fingerprint density at radius 1 is 0.891 bits per heavy atom. The molecule has 2 atom stereocenters. The lowest BCUT2D eigenvalue weighted by Gasteiger charge is -2.34. The molecular formula is C36H40ClN3O5S. The zero-order valence-electron chi connectivity index (χ0n) is 26.5. The number of hydrogen-bond acceptors (Lipinski definition) is 5. The van der Waals surface area contributed by atoms with Gasteiger partial charge in [-0.1, -0.05) is 96.9 Å². The van der Waals surface area contributed by atoms with Gasteiger partial charge in [0, 0.05) is 24.0 Å². The molecule has 0 bridgehead atoms. The third-order valence-corrected chi connectivity index (χ3v) is 9.96. The normalized spacial score (nSPS) is 12.5. The molecule has 4 rings (SSSR count). The number of nitrogens with one attached hydrogen (secondary N) is 1. The van der Waals surface area contributed by atoms with Crippen LogP contribution in [-0.4, -0.2) is 50.9 Å². The summed E-state index contributed by atoms with van der Waals surface area (Å²) in [7, 11) is -2.82. The SMILES string of the molecule is CC[C@@H](C)NC(=O)[C@@H](Cc1ccccc1)N(Cc1ccccc1Cl)C(=O)CN(c1ccccc1OC)S(=O)(=O)c1ccc(C)cc1. The van der Waals surface area contributed by atoms with Crippen molar-refractivity contribution in [3.8, 4) is 5.75 Å². The third-order valence-electron chi connectivity index (χ3n) is 7.81. The summed E-state index contributed by atoms with van der Waals surface area (Å²) in [5, 5.41) is 3.46. The quantitative estimate of drug-likeness (QED) is 0.169. The molecule has 0 aliphatic rings. The van der Waals surface area contributed by atoms with Crippen molar-refractivity contribution in [2.45, 2.75) is 57.1 Å². The predicted octanol–water partition coefficient (Wildman–Crippen LogP) is 6.41. The van der Waals surface area contributed by atoms with Crippen molar-refractivity contribution in [2.75, 3.05) is 18.0 Å². The fraction of sp³-hybridized carbons (Fsp3) is 0.278. The van der Waals surface area contributed by atoms with E-state index in [2.05, 4.69) is 5.32 Å². The van der Waals surface area contributed by atoms with Gasteiger partial charge in [0.25, 0.3) is 10.0 Å². The number of benzene rings is 4. The van der Waals surface area contributed by atoms with Gasteiger partial charge in [-0.2, -0.15) is 0 Å². The van der Waals surface area contributed by atoms with Gasteiger partial charge in [0.2, 0.25) is 11.8 Å². The molecule has 0 saturated carbocycles. The zero-order valence-corrected chi connectivity index (χ0v) is 28.1. The number of anilines is 1. The molecule has 0 aliphatic heterocycles. The summed E-state index contributed by atoms with van der Waals surface area (Å²) in [5.41, 5.74) is 2.55. The Labute approximate surface area is 277 Å². The number of aryl methyl sites for hydroxylation is 1. The first-order chi connectivity index (χ1) is 22.0. The van der Waals surface area contributed by atoms with Crippen LogP contribution in [0.25, 0.3) is 0 Å². The maximum Gasteiger partial charge on any atom is 0.264 e. The highest BCUT2D eigenvalue weighted by molar-refractivity contribution is 7.92. The van der Waals surface area contributed by atoms with Gasteiger partial charge in [-0.25, -0.2) is 8.42 Å². The van der Waals surface area contributed by atoms with E-state index >= 15 is 0 Å². The predicted molar refractivity (Wildman–Crippen MR) is 183 cm³/mol.